The second-order valence-corrected chi connectivity index (χ2v) is 7.18. The molecule has 21 heavy (non-hydrogen) atoms. The molecule has 0 N–H and O–H groups in total. The van der Waals surface area contributed by atoms with Crippen LogP contribution in [0.3, 0.4) is 0 Å². The number of rotatable bonds is 6. The Morgan fingerprint density at radius 2 is 1.76 bits per heavy atom. The molecular weight excluding hydrogens is 335 g/mol. The first-order chi connectivity index (χ1) is 9.70. The van der Waals surface area contributed by atoms with Crippen LogP contribution in [-0.4, -0.2) is 45.1 Å². The van der Waals surface area contributed by atoms with E-state index in [-0.39, 0.29) is 23.2 Å². The number of hydrogen-bond acceptors (Lipinski definition) is 3. The summed E-state index contributed by atoms with van der Waals surface area (Å²) in [6.07, 6.45) is 1.04. The number of sulfonamides is 1. The Morgan fingerprint density at radius 3 is 2.19 bits per heavy atom. The molecule has 0 aliphatic carbocycles. The SMILES string of the molecule is CCN(CC)C(=O)CN(c1ccc(Cl)cc1Cl)S(C)(=O)=O. The molecule has 0 aliphatic heterocycles. The quantitative estimate of drug-likeness (QED) is 0.790. The van der Waals surface area contributed by atoms with Crippen LogP contribution in [-0.2, 0) is 14.8 Å². The maximum Gasteiger partial charge on any atom is 0.243 e. The molecule has 1 aromatic rings. The van der Waals surface area contributed by atoms with Gasteiger partial charge in [0.05, 0.1) is 17.0 Å². The van der Waals surface area contributed by atoms with Crippen molar-refractivity contribution < 1.29 is 13.2 Å². The Kier molecular flexibility index (Phi) is 6.31. The Labute approximate surface area is 135 Å². The standard InChI is InChI=1S/C13H18Cl2N2O3S/c1-4-16(5-2)13(18)9-17(21(3,19)20)12-7-6-10(14)8-11(12)15/h6-8H,4-5,9H2,1-3H3. The van der Waals surface area contributed by atoms with E-state index in [1.165, 1.54) is 18.2 Å². The zero-order chi connectivity index (χ0) is 16.2. The van der Waals surface area contributed by atoms with Crippen molar-refractivity contribution in [1.29, 1.82) is 0 Å². The average Bonchev–Trinajstić information content (AvgIpc) is 2.37. The highest BCUT2D eigenvalue weighted by molar-refractivity contribution is 7.92. The van der Waals surface area contributed by atoms with Crippen LogP contribution < -0.4 is 4.31 Å². The van der Waals surface area contributed by atoms with E-state index in [2.05, 4.69) is 0 Å². The monoisotopic (exact) mass is 352 g/mol. The first-order valence-corrected chi connectivity index (χ1v) is 9.01. The number of carbonyl (C=O) groups excluding carboxylic acids is 1. The Balaban J connectivity index is 3.17. The second-order valence-electron chi connectivity index (χ2n) is 4.43. The summed E-state index contributed by atoms with van der Waals surface area (Å²) in [7, 11) is -3.64. The minimum Gasteiger partial charge on any atom is -0.342 e. The Morgan fingerprint density at radius 1 is 1.19 bits per heavy atom. The maximum absolute atomic E-state index is 12.2. The lowest BCUT2D eigenvalue weighted by atomic mass is 10.3. The molecule has 0 saturated carbocycles. The number of anilines is 1. The second kappa shape index (κ2) is 7.33. The van der Waals surface area contributed by atoms with Crippen molar-refractivity contribution in [2.45, 2.75) is 13.8 Å². The number of halogens is 2. The minimum atomic E-state index is -3.64. The molecular formula is C13H18Cl2N2O3S. The van der Waals surface area contributed by atoms with Gasteiger partial charge in [-0.05, 0) is 32.0 Å². The molecule has 0 aliphatic rings. The molecule has 0 bridgehead atoms. The van der Waals surface area contributed by atoms with Crippen molar-refractivity contribution in [3.05, 3.63) is 28.2 Å². The summed E-state index contributed by atoms with van der Waals surface area (Å²) in [6.45, 7) is 4.41. The van der Waals surface area contributed by atoms with Crippen molar-refractivity contribution in [3.63, 3.8) is 0 Å². The van der Waals surface area contributed by atoms with Gasteiger partial charge in [0, 0.05) is 18.1 Å². The van der Waals surface area contributed by atoms with Crippen LogP contribution in [0.25, 0.3) is 0 Å². The van der Waals surface area contributed by atoms with E-state index >= 15 is 0 Å². The molecule has 0 unspecified atom stereocenters. The van der Waals surface area contributed by atoms with Crippen molar-refractivity contribution >= 4 is 44.8 Å². The third-order valence-corrected chi connectivity index (χ3v) is 4.64. The van der Waals surface area contributed by atoms with E-state index in [1.54, 1.807) is 4.90 Å². The largest absolute Gasteiger partial charge is 0.342 e. The summed E-state index contributed by atoms with van der Waals surface area (Å²) in [4.78, 5) is 13.7. The lowest BCUT2D eigenvalue weighted by molar-refractivity contribution is -0.129. The van der Waals surface area contributed by atoms with Crippen molar-refractivity contribution in [3.8, 4) is 0 Å². The molecule has 0 spiro atoms. The number of benzene rings is 1. The number of hydrogen-bond donors (Lipinski definition) is 0. The molecule has 1 amide bonds. The Hall–Kier alpha value is -0.980. The number of carbonyl (C=O) groups is 1. The normalized spacial score (nSPS) is 11.3. The first kappa shape index (κ1) is 18.1. The maximum atomic E-state index is 12.2. The highest BCUT2D eigenvalue weighted by Crippen LogP contribution is 2.30. The molecule has 5 nitrogen and oxygen atoms in total. The zero-order valence-electron chi connectivity index (χ0n) is 12.1. The van der Waals surface area contributed by atoms with E-state index < -0.39 is 10.0 Å². The molecule has 0 atom stereocenters. The highest BCUT2D eigenvalue weighted by Gasteiger charge is 2.24. The van der Waals surface area contributed by atoms with E-state index in [1.807, 2.05) is 13.8 Å². The van der Waals surface area contributed by atoms with Gasteiger partial charge in [-0.15, -0.1) is 0 Å². The van der Waals surface area contributed by atoms with Crippen LogP contribution in [0, 0.1) is 0 Å². The summed E-state index contributed by atoms with van der Waals surface area (Å²) in [5.74, 6) is -0.281. The zero-order valence-corrected chi connectivity index (χ0v) is 14.5. The van der Waals surface area contributed by atoms with Gasteiger partial charge in [0.15, 0.2) is 0 Å². The van der Waals surface area contributed by atoms with E-state index in [9.17, 15) is 13.2 Å². The predicted octanol–water partition coefficient (Wildman–Crippen LogP) is 2.63. The van der Waals surface area contributed by atoms with Gasteiger partial charge in [-0.1, -0.05) is 23.2 Å². The molecule has 8 heteroatoms. The summed E-state index contributed by atoms with van der Waals surface area (Å²) in [6, 6.07) is 4.46. The predicted molar refractivity (Wildman–Crippen MR) is 86.6 cm³/mol. The summed E-state index contributed by atoms with van der Waals surface area (Å²) >= 11 is 11.9. The van der Waals surface area contributed by atoms with Crippen molar-refractivity contribution in [2.75, 3.05) is 30.2 Å². The van der Waals surface area contributed by atoms with Gasteiger partial charge in [-0.3, -0.25) is 9.10 Å². The van der Waals surface area contributed by atoms with Gasteiger partial charge in [0.1, 0.15) is 6.54 Å². The smallest absolute Gasteiger partial charge is 0.243 e. The minimum absolute atomic E-state index is 0.181. The van der Waals surface area contributed by atoms with Gasteiger partial charge >= 0.3 is 0 Å². The fourth-order valence-electron chi connectivity index (χ4n) is 1.86. The summed E-state index contributed by atoms with van der Waals surface area (Å²) in [5.41, 5.74) is 0.240. The van der Waals surface area contributed by atoms with Gasteiger partial charge in [-0.2, -0.15) is 0 Å². The molecule has 0 fully saturated rings. The summed E-state index contributed by atoms with van der Waals surface area (Å²) < 4.78 is 24.9. The highest BCUT2D eigenvalue weighted by atomic mass is 35.5. The molecule has 1 aromatic carbocycles. The van der Waals surface area contributed by atoms with Crippen LogP contribution >= 0.6 is 23.2 Å². The van der Waals surface area contributed by atoms with Crippen molar-refractivity contribution in [1.82, 2.24) is 4.90 Å². The first-order valence-electron chi connectivity index (χ1n) is 6.41. The molecule has 0 saturated heterocycles. The van der Waals surface area contributed by atoms with E-state index in [0.717, 1.165) is 10.6 Å². The van der Waals surface area contributed by atoms with Gasteiger partial charge in [0.25, 0.3) is 0 Å². The van der Waals surface area contributed by atoms with Gasteiger partial charge < -0.3 is 4.90 Å². The Bertz CT molecular complexity index is 616. The van der Waals surface area contributed by atoms with Crippen LogP contribution in [0.1, 0.15) is 13.8 Å². The molecule has 1 rings (SSSR count). The number of nitrogens with zero attached hydrogens (tertiary/aromatic N) is 2. The van der Waals surface area contributed by atoms with Crippen LogP contribution in [0.5, 0.6) is 0 Å². The van der Waals surface area contributed by atoms with Crippen LogP contribution in [0.15, 0.2) is 18.2 Å². The number of likely N-dealkylation sites (N-methyl/N-ethyl adjacent to an activating group) is 1. The average molecular weight is 353 g/mol. The fraction of sp³-hybridized carbons (Fsp3) is 0.462. The van der Waals surface area contributed by atoms with Crippen LogP contribution in [0.4, 0.5) is 5.69 Å². The topological polar surface area (TPSA) is 57.7 Å². The van der Waals surface area contributed by atoms with E-state index in [0.29, 0.717) is 18.1 Å². The van der Waals surface area contributed by atoms with Gasteiger partial charge in [0.2, 0.25) is 15.9 Å². The third-order valence-electron chi connectivity index (χ3n) is 2.97. The molecule has 118 valence electrons. The fourth-order valence-corrected chi connectivity index (χ4v) is 3.29. The van der Waals surface area contributed by atoms with Crippen LogP contribution in [0.2, 0.25) is 10.0 Å². The third kappa shape index (κ3) is 4.76. The molecule has 0 radical (unpaired) electrons. The number of amides is 1. The van der Waals surface area contributed by atoms with Gasteiger partial charge in [-0.25, -0.2) is 8.42 Å². The lowest BCUT2D eigenvalue weighted by Crippen LogP contribution is -2.42. The molecule has 0 aromatic heterocycles. The molecule has 0 heterocycles. The van der Waals surface area contributed by atoms with Crippen molar-refractivity contribution in [2.24, 2.45) is 0 Å². The van der Waals surface area contributed by atoms with E-state index in [4.69, 9.17) is 23.2 Å². The summed E-state index contributed by atoms with van der Waals surface area (Å²) in [5, 5.41) is 0.576. The lowest BCUT2D eigenvalue weighted by Gasteiger charge is -2.26.